The predicted octanol–water partition coefficient (Wildman–Crippen LogP) is 10.7. The largest absolute Gasteiger partial charge is 0.379 e. The number of nitrogens with zero attached hydrogens (tertiary/aromatic N) is 4. The van der Waals surface area contributed by atoms with E-state index in [0.29, 0.717) is 72.0 Å². The highest BCUT2D eigenvalue weighted by Gasteiger charge is 2.50. The van der Waals surface area contributed by atoms with Gasteiger partial charge in [-0.05, 0) is 25.7 Å². The number of ether oxygens (including phenoxy) is 2. The lowest BCUT2D eigenvalue weighted by molar-refractivity contribution is -0.204. The highest BCUT2D eigenvalue weighted by Crippen LogP contribution is 2.35. The molecular weight excluding hydrogens is 1070 g/mol. The van der Waals surface area contributed by atoms with Crippen molar-refractivity contribution in [2.45, 2.75) is 62.7 Å². The molecule has 336 valence electrons. The molecule has 0 radical (unpaired) electrons. The summed E-state index contributed by atoms with van der Waals surface area (Å²) >= 11 is 10.5. The minimum atomic E-state index is -3.84. The average Bonchev–Trinajstić information content (AvgIpc) is 3.93. The number of hydrogen-bond acceptors (Lipinski definition) is 6. The molecule has 56 heavy (non-hydrogen) atoms. The Balaban J connectivity index is -0.000000316. The van der Waals surface area contributed by atoms with Crippen LogP contribution in [0.5, 0.6) is 0 Å². The zero-order valence-electron chi connectivity index (χ0n) is 29.2. The lowest BCUT2D eigenvalue weighted by atomic mass is 10.2. The average molecular weight is 1120 g/mol. The third kappa shape index (κ3) is 20.2. The minimum absolute atomic E-state index is 0. The van der Waals surface area contributed by atoms with E-state index in [0.717, 1.165) is 22.8 Å². The molecule has 4 aliphatic heterocycles. The van der Waals surface area contributed by atoms with Gasteiger partial charge in [-0.2, -0.15) is 17.6 Å². The van der Waals surface area contributed by atoms with Gasteiger partial charge < -0.3 is 9.47 Å². The maximum Gasteiger partial charge on any atom is 0.342 e. The van der Waals surface area contributed by atoms with Crippen LogP contribution in [0.2, 0.25) is 0 Å². The van der Waals surface area contributed by atoms with Crippen molar-refractivity contribution in [3.63, 3.8) is 0 Å². The van der Waals surface area contributed by atoms with Gasteiger partial charge >= 0.3 is 12.1 Å². The van der Waals surface area contributed by atoms with Crippen LogP contribution in [0.3, 0.4) is 0 Å². The topological polar surface area (TPSA) is 31.4 Å². The first-order valence-electron chi connectivity index (χ1n) is 15.8. The van der Waals surface area contributed by atoms with Crippen LogP contribution in [-0.4, -0.2) is 135 Å². The maximum absolute atomic E-state index is 13.3. The van der Waals surface area contributed by atoms with Crippen molar-refractivity contribution in [1.29, 1.82) is 0 Å². The van der Waals surface area contributed by atoms with Gasteiger partial charge in [-0.25, -0.2) is 44.9 Å². The zero-order chi connectivity index (χ0) is 39.5. The molecule has 4 aliphatic rings. The van der Waals surface area contributed by atoms with Gasteiger partial charge in [-0.1, -0.05) is 63.7 Å². The summed E-state index contributed by atoms with van der Waals surface area (Å²) in [5, 5.41) is 0. The van der Waals surface area contributed by atoms with Crippen molar-refractivity contribution >= 4 is 63.7 Å². The molecule has 4 heterocycles. The summed E-state index contributed by atoms with van der Waals surface area (Å²) in [5.74, 6) is -4.54. The molecule has 26 heteroatoms. The fourth-order valence-corrected chi connectivity index (χ4v) is 5.77. The monoisotopic (exact) mass is 1110 g/mol. The Bertz CT molecular complexity index is 1150. The fraction of sp³-hybridized carbons (Fsp3) is 0.733. The van der Waals surface area contributed by atoms with Crippen molar-refractivity contribution in [3.05, 3.63) is 43.2 Å². The van der Waals surface area contributed by atoms with Gasteiger partial charge in [-0.3, -0.25) is 28.6 Å². The molecule has 4 rings (SSSR count). The molecule has 4 unspecified atom stereocenters. The quantitative estimate of drug-likeness (QED) is 0.160. The van der Waals surface area contributed by atoms with E-state index >= 15 is 0 Å². The highest BCUT2D eigenvalue weighted by atomic mass is 79.9. The molecule has 0 saturated carbocycles. The standard InChI is InChI=1S/C8H10BrF4NO.C8H10BrF4N.C7H10BrF2NO.C7H10BrF2N.4FH/c9-5-6(10)7(11)8(12,13)14-1-3-15-4-2-14;9-5-6(10)7(11)8(12,13)14-3-1-2-4-14;8-5-6(9)7(10)11-1-3-12-4-2-11;8-5-6(9)7(10)11-3-1-2-4-11;;;;/h5,7H,1-4H2;5,7H,1-4H2;5,7H,1-4H2;5,7H,1-4H2;4*1H. The van der Waals surface area contributed by atoms with Gasteiger partial charge in [-0.15, -0.1) is 0 Å². The van der Waals surface area contributed by atoms with Crippen molar-refractivity contribution < 1.29 is 81.0 Å². The van der Waals surface area contributed by atoms with E-state index in [1.54, 1.807) is 0 Å². The first-order chi connectivity index (χ1) is 24.5. The number of likely N-dealkylation sites (tertiary alicyclic amines) is 2. The highest BCUT2D eigenvalue weighted by molar-refractivity contribution is 9.11. The predicted molar refractivity (Wildman–Crippen MR) is 198 cm³/mol. The molecule has 0 N–H and O–H groups in total. The van der Waals surface area contributed by atoms with E-state index in [1.165, 1.54) is 9.80 Å². The van der Waals surface area contributed by atoms with Crippen molar-refractivity contribution in [1.82, 2.24) is 19.6 Å². The molecule has 0 aliphatic carbocycles. The fourth-order valence-electron chi connectivity index (χ4n) is 4.86. The first kappa shape index (κ1) is 62.2. The molecule has 0 bridgehead atoms. The summed E-state index contributed by atoms with van der Waals surface area (Å²) in [6.07, 6.45) is -5.88. The second-order valence-electron chi connectivity index (χ2n) is 11.2. The van der Waals surface area contributed by atoms with E-state index in [4.69, 9.17) is 9.47 Å². The lowest BCUT2D eigenvalue weighted by Crippen LogP contribution is -2.53. The molecule has 0 amide bonds. The second-order valence-corrected chi connectivity index (χ2v) is 13.1. The van der Waals surface area contributed by atoms with Crippen LogP contribution in [-0.2, 0) is 9.47 Å². The Morgan fingerprint density at radius 2 is 0.714 bits per heavy atom. The summed E-state index contributed by atoms with van der Waals surface area (Å²) in [6.45, 7) is 3.35. The first-order valence-corrected chi connectivity index (χ1v) is 19.5. The van der Waals surface area contributed by atoms with Gasteiger partial charge in [0.15, 0.2) is 11.7 Å². The van der Waals surface area contributed by atoms with Crippen LogP contribution in [0.15, 0.2) is 43.2 Å². The van der Waals surface area contributed by atoms with E-state index < -0.39 is 60.3 Å². The minimum Gasteiger partial charge on any atom is -0.379 e. The van der Waals surface area contributed by atoms with Gasteiger partial charge in [0, 0.05) is 72.3 Å². The van der Waals surface area contributed by atoms with Gasteiger partial charge in [0.25, 0.3) is 0 Å². The molecule has 4 saturated heterocycles. The van der Waals surface area contributed by atoms with Crippen molar-refractivity contribution in [3.8, 4) is 0 Å². The SMILES string of the molecule is F.F.F.F.FC(=CBr)C(F)C(F)(F)N1CCCC1.FC(=CBr)C(F)C(F)(F)N1CCOCC1.FC(=CBr)C(F)N1CCCC1.FC(=CBr)C(F)N1CCOCC1. The molecule has 0 spiro atoms. The number of morpholine rings is 2. The van der Waals surface area contributed by atoms with Gasteiger partial charge in [0.05, 0.1) is 26.4 Å². The van der Waals surface area contributed by atoms with E-state index in [2.05, 4.69) is 63.7 Å². The summed E-state index contributed by atoms with van der Waals surface area (Å²) in [4.78, 5) is 7.17. The number of alkyl halides is 8. The smallest absolute Gasteiger partial charge is 0.342 e. The number of halogens is 20. The molecule has 0 aromatic heterocycles. The summed E-state index contributed by atoms with van der Waals surface area (Å²) < 4.78 is 166. The molecule has 6 nitrogen and oxygen atoms in total. The zero-order valence-corrected chi connectivity index (χ0v) is 35.6. The third-order valence-electron chi connectivity index (χ3n) is 7.75. The summed E-state index contributed by atoms with van der Waals surface area (Å²) in [5.41, 5.74) is 0. The molecular formula is C30H44Br4F16N4O2. The van der Waals surface area contributed by atoms with Crippen molar-refractivity contribution in [2.75, 3.05) is 78.8 Å². The van der Waals surface area contributed by atoms with E-state index in [-0.39, 0.29) is 58.2 Å². The van der Waals surface area contributed by atoms with Crippen LogP contribution in [0.4, 0.5) is 71.5 Å². The van der Waals surface area contributed by atoms with Crippen LogP contribution >= 0.6 is 63.7 Å². The van der Waals surface area contributed by atoms with Crippen LogP contribution in [0.25, 0.3) is 0 Å². The Hall–Kier alpha value is -0.480. The Kier molecular flexibility index (Phi) is 35.9. The third-order valence-corrected chi connectivity index (χ3v) is 9.50. The molecule has 0 aromatic carbocycles. The number of rotatable bonds is 10. The van der Waals surface area contributed by atoms with Crippen molar-refractivity contribution in [2.24, 2.45) is 0 Å². The summed E-state index contributed by atoms with van der Waals surface area (Å²) in [6, 6.07) is -7.58. The Morgan fingerprint density at radius 3 is 1.04 bits per heavy atom. The maximum atomic E-state index is 13.3. The lowest BCUT2D eigenvalue weighted by Gasteiger charge is -2.34. The van der Waals surface area contributed by atoms with E-state index in [1.807, 2.05) is 0 Å². The van der Waals surface area contributed by atoms with Gasteiger partial charge in [0.1, 0.15) is 11.7 Å². The molecule has 4 atom stereocenters. The molecule has 0 aromatic rings. The normalized spacial score (nSPS) is 21.7. The molecule has 4 fully saturated rings. The van der Waals surface area contributed by atoms with Crippen LogP contribution in [0.1, 0.15) is 25.7 Å². The Labute approximate surface area is 347 Å². The Morgan fingerprint density at radius 1 is 0.446 bits per heavy atom. The van der Waals surface area contributed by atoms with E-state index in [9.17, 15) is 52.7 Å². The summed E-state index contributed by atoms with van der Waals surface area (Å²) in [7, 11) is 0. The van der Waals surface area contributed by atoms with Crippen LogP contribution < -0.4 is 0 Å². The second kappa shape index (κ2) is 32.3. The van der Waals surface area contributed by atoms with Crippen LogP contribution in [0, 0.1) is 0 Å². The van der Waals surface area contributed by atoms with Gasteiger partial charge in [0.2, 0.25) is 24.9 Å². The number of hydrogen-bond donors (Lipinski definition) is 0.